The second-order valence-electron chi connectivity index (χ2n) is 7.01. The van der Waals surface area contributed by atoms with Gasteiger partial charge in [-0.15, -0.1) is 0 Å². The van der Waals surface area contributed by atoms with Gasteiger partial charge in [0.1, 0.15) is 0 Å². The molecule has 0 bridgehead atoms. The van der Waals surface area contributed by atoms with Crippen LogP contribution in [0.3, 0.4) is 0 Å². The number of benzene rings is 1. The molecule has 2 fully saturated rings. The number of hydrogen-bond donors (Lipinski definition) is 2. The fourth-order valence-corrected chi connectivity index (χ4v) is 4.88. The molecule has 1 aliphatic heterocycles. The molecule has 2 aliphatic rings. The van der Waals surface area contributed by atoms with Crippen LogP contribution in [-0.2, 0) is 16.6 Å². The van der Waals surface area contributed by atoms with Gasteiger partial charge in [0, 0.05) is 32.2 Å². The van der Waals surface area contributed by atoms with E-state index in [2.05, 4.69) is 9.62 Å². The standard InChI is InChI=1S/C17H27N3O3S/c1-19-7-9-20(10-8-19)24(22,23)18-17(15-12-16(21)13-15)11-14-5-3-2-4-6-14/h2-6,15-18,21H,7-13H2,1H3. The SMILES string of the molecule is CN1CCN(S(=O)(=O)NC(Cc2ccccc2)C2CC(O)C2)CC1. The average molecular weight is 353 g/mol. The Bertz CT molecular complexity index is 624. The number of rotatable bonds is 6. The van der Waals surface area contributed by atoms with Gasteiger partial charge in [0.25, 0.3) is 10.2 Å². The molecule has 1 saturated carbocycles. The predicted octanol–water partition coefficient (Wildman–Crippen LogP) is 0.450. The largest absolute Gasteiger partial charge is 0.393 e. The number of nitrogens with zero attached hydrogens (tertiary/aromatic N) is 2. The molecule has 7 heteroatoms. The molecular formula is C17H27N3O3S. The van der Waals surface area contributed by atoms with Crippen molar-refractivity contribution in [3.8, 4) is 0 Å². The van der Waals surface area contributed by atoms with Gasteiger partial charge in [0.15, 0.2) is 0 Å². The van der Waals surface area contributed by atoms with E-state index in [9.17, 15) is 13.5 Å². The Hall–Kier alpha value is -0.990. The van der Waals surface area contributed by atoms with Gasteiger partial charge in [-0.3, -0.25) is 0 Å². The van der Waals surface area contributed by atoms with Crippen LogP contribution in [0.25, 0.3) is 0 Å². The quantitative estimate of drug-likeness (QED) is 0.779. The lowest BCUT2D eigenvalue weighted by molar-refractivity contribution is 0.0280. The fourth-order valence-electron chi connectivity index (χ4n) is 3.43. The van der Waals surface area contributed by atoms with Crippen molar-refractivity contribution in [1.29, 1.82) is 0 Å². The van der Waals surface area contributed by atoms with Crippen LogP contribution < -0.4 is 4.72 Å². The molecule has 0 radical (unpaired) electrons. The lowest BCUT2D eigenvalue weighted by atomic mass is 9.76. The maximum absolute atomic E-state index is 12.8. The molecule has 1 saturated heterocycles. The highest BCUT2D eigenvalue weighted by molar-refractivity contribution is 7.87. The highest BCUT2D eigenvalue weighted by Crippen LogP contribution is 2.32. The summed E-state index contributed by atoms with van der Waals surface area (Å²) in [6.07, 6.45) is 1.71. The van der Waals surface area contributed by atoms with Crippen LogP contribution in [-0.4, -0.2) is 68.1 Å². The van der Waals surface area contributed by atoms with E-state index in [0.29, 0.717) is 32.4 Å². The van der Waals surface area contributed by atoms with E-state index in [4.69, 9.17) is 0 Å². The van der Waals surface area contributed by atoms with E-state index in [-0.39, 0.29) is 18.1 Å². The summed E-state index contributed by atoms with van der Waals surface area (Å²) in [4.78, 5) is 2.13. The van der Waals surface area contributed by atoms with E-state index in [1.165, 1.54) is 0 Å². The normalized spacial score (nSPS) is 27.6. The minimum Gasteiger partial charge on any atom is -0.393 e. The van der Waals surface area contributed by atoms with Gasteiger partial charge in [0.05, 0.1) is 6.10 Å². The maximum Gasteiger partial charge on any atom is 0.279 e. The van der Waals surface area contributed by atoms with Crippen LogP contribution in [0, 0.1) is 5.92 Å². The van der Waals surface area contributed by atoms with Gasteiger partial charge in [-0.2, -0.15) is 17.4 Å². The summed E-state index contributed by atoms with van der Waals surface area (Å²) in [5, 5.41) is 9.62. The van der Waals surface area contributed by atoms with E-state index in [1.807, 2.05) is 37.4 Å². The summed E-state index contributed by atoms with van der Waals surface area (Å²) in [5.41, 5.74) is 1.12. The Balaban J connectivity index is 1.68. The van der Waals surface area contributed by atoms with Crippen molar-refractivity contribution in [1.82, 2.24) is 13.9 Å². The molecule has 1 heterocycles. The van der Waals surface area contributed by atoms with Gasteiger partial charge in [0.2, 0.25) is 0 Å². The van der Waals surface area contributed by atoms with E-state index in [0.717, 1.165) is 18.7 Å². The summed E-state index contributed by atoms with van der Waals surface area (Å²) in [5.74, 6) is 0.197. The molecule has 1 aromatic carbocycles. The predicted molar refractivity (Wildman–Crippen MR) is 93.8 cm³/mol. The highest BCUT2D eigenvalue weighted by atomic mass is 32.2. The van der Waals surface area contributed by atoms with Crippen LogP contribution in [0.15, 0.2) is 30.3 Å². The molecular weight excluding hydrogens is 326 g/mol. The summed E-state index contributed by atoms with van der Waals surface area (Å²) < 4.78 is 30.0. The second kappa shape index (κ2) is 7.49. The van der Waals surface area contributed by atoms with Crippen LogP contribution in [0.5, 0.6) is 0 Å². The zero-order valence-corrected chi connectivity index (χ0v) is 15.0. The zero-order valence-electron chi connectivity index (χ0n) is 14.1. The molecule has 0 aromatic heterocycles. The fraction of sp³-hybridized carbons (Fsp3) is 0.647. The third-order valence-corrected chi connectivity index (χ3v) is 6.77. The minimum absolute atomic E-state index is 0.166. The maximum atomic E-state index is 12.8. The first-order valence-corrected chi connectivity index (χ1v) is 10.1. The smallest absolute Gasteiger partial charge is 0.279 e. The van der Waals surface area contributed by atoms with Crippen LogP contribution in [0.4, 0.5) is 0 Å². The topological polar surface area (TPSA) is 72.9 Å². The molecule has 1 aliphatic carbocycles. The lowest BCUT2D eigenvalue weighted by Crippen LogP contribution is -2.55. The van der Waals surface area contributed by atoms with Crippen LogP contribution in [0.2, 0.25) is 0 Å². The molecule has 1 aromatic rings. The number of likely N-dealkylation sites (N-methyl/N-ethyl adjacent to an activating group) is 1. The second-order valence-corrected chi connectivity index (χ2v) is 8.71. The number of nitrogens with one attached hydrogen (secondary N) is 1. The van der Waals surface area contributed by atoms with Crippen molar-refractivity contribution in [3.05, 3.63) is 35.9 Å². The van der Waals surface area contributed by atoms with Crippen molar-refractivity contribution in [3.63, 3.8) is 0 Å². The van der Waals surface area contributed by atoms with Gasteiger partial charge in [-0.1, -0.05) is 30.3 Å². The number of piperazine rings is 1. The summed E-state index contributed by atoms with van der Waals surface area (Å²) in [6.45, 7) is 2.56. The van der Waals surface area contributed by atoms with E-state index < -0.39 is 10.2 Å². The molecule has 1 unspecified atom stereocenters. The monoisotopic (exact) mass is 353 g/mol. The van der Waals surface area contributed by atoms with Crippen molar-refractivity contribution in [2.24, 2.45) is 5.92 Å². The molecule has 2 N–H and O–H groups in total. The molecule has 6 nitrogen and oxygen atoms in total. The Labute approximate surface area is 144 Å². The first-order chi connectivity index (χ1) is 11.4. The van der Waals surface area contributed by atoms with Gasteiger partial charge in [-0.25, -0.2) is 0 Å². The molecule has 0 spiro atoms. The van der Waals surface area contributed by atoms with Gasteiger partial charge >= 0.3 is 0 Å². The summed E-state index contributed by atoms with van der Waals surface area (Å²) >= 11 is 0. The molecule has 134 valence electrons. The van der Waals surface area contributed by atoms with Crippen molar-refractivity contribution >= 4 is 10.2 Å². The van der Waals surface area contributed by atoms with Crippen molar-refractivity contribution in [2.75, 3.05) is 33.2 Å². The summed E-state index contributed by atoms with van der Waals surface area (Å²) in [6, 6.07) is 9.77. The average Bonchev–Trinajstić information content (AvgIpc) is 2.52. The summed E-state index contributed by atoms with van der Waals surface area (Å²) in [7, 11) is -1.48. The van der Waals surface area contributed by atoms with E-state index in [1.54, 1.807) is 4.31 Å². The molecule has 1 atom stereocenters. The molecule has 0 amide bonds. The van der Waals surface area contributed by atoms with Crippen molar-refractivity contribution < 1.29 is 13.5 Å². The van der Waals surface area contributed by atoms with Crippen LogP contribution >= 0.6 is 0 Å². The number of aliphatic hydroxyl groups excluding tert-OH is 1. The number of aliphatic hydroxyl groups is 1. The van der Waals surface area contributed by atoms with Crippen LogP contribution in [0.1, 0.15) is 18.4 Å². The van der Waals surface area contributed by atoms with Crippen molar-refractivity contribution in [2.45, 2.75) is 31.4 Å². The highest BCUT2D eigenvalue weighted by Gasteiger charge is 2.37. The Kier molecular flexibility index (Phi) is 5.56. The first kappa shape index (κ1) is 17.8. The third-order valence-electron chi connectivity index (χ3n) is 5.12. The first-order valence-electron chi connectivity index (χ1n) is 8.62. The van der Waals surface area contributed by atoms with E-state index >= 15 is 0 Å². The Morgan fingerprint density at radius 2 is 1.79 bits per heavy atom. The molecule has 24 heavy (non-hydrogen) atoms. The Morgan fingerprint density at radius 3 is 2.38 bits per heavy atom. The van der Waals surface area contributed by atoms with Gasteiger partial charge < -0.3 is 10.0 Å². The van der Waals surface area contributed by atoms with Gasteiger partial charge in [-0.05, 0) is 37.8 Å². The number of hydrogen-bond acceptors (Lipinski definition) is 4. The zero-order chi connectivity index (χ0) is 17.2. The lowest BCUT2D eigenvalue weighted by Gasteiger charge is -2.39. The minimum atomic E-state index is -3.49. The molecule has 3 rings (SSSR count). The Morgan fingerprint density at radius 1 is 1.17 bits per heavy atom. The third kappa shape index (κ3) is 4.34.